The minimum Gasteiger partial charge on any atom is -0.461 e. The summed E-state index contributed by atoms with van der Waals surface area (Å²) in [5.41, 5.74) is 0. The Labute approximate surface area is 144 Å². The second-order valence-corrected chi connectivity index (χ2v) is 5.43. The minimum absolute atomic E-state index is 0.0766. The summed E-state index contributed by atoms with van der Waals surface area (Å²) < 4.78 is 26.9. The molecule has 1 aliphatic rings. The standard InChI is InChI=1S/C17H20O8/c1-10(18)22-14-9-21-17(25-13-7-5-4-6-8-13)16(24-12(3)20)15(14)23-11(2)19/h4-8,14-17H,9H2,1-3H3/t14-,15+,16+,17+/m0/s1. The summed E-state index contributed by atoms with van der Waals surface area (Å²) >= 11 is 0. The third kappa shape index (κ3) is 5.46. The molecule has 1 aliphatic heterocycles. The van der Waals surface area contributed by atoms with E-state index in [0.717, 1.165) is 0 Å². The van der Waals surface area contributed by atoms with Crippen molar-refractivity contribution in [1.82, 2.24) is 0 Å². The van der Waals surface area contributed by atoms with Gasteiger partial charge in [-0.1, -0.05) is 18.2 Å². The highest BCUT2D eigenvalue weighted by molar-refractivity contribution is 5.68. The van der Waals surface area contributed by atoms with Crippen molar-refractivity contribution >= 4 is 17.9 Å². The van der Waals surface area contributed by atoms with Crippen LogP contribution >= 0.6 is 0 Å². The average Bonchev–Trinajstić information content (AvgIpc) is 2.52. The van der Waals surface area contributed by atoms with Gasteiger partial charge in [-0.15, -0.1) is 0 Å². The number of carbonyl (C=O) groups excluding carboxylic acids is 3. The topological polar surface area (TPSA) is 97.4 Å². The largest absolute Gasteiger partial charge is 0.461 e. The van der Waals surface area contributed by atoms with E-state index in [-0.39, 0.29) is 6.61 Å². The number of para-hydroxylation sites is 1. The van der Waals surface area contributed by atoms with Crippen molar-refractivity contribution < 1.29 is 38.1 Å². The van der Waals surface area contributed by atoms with Gasteiger partial charge in [0, 0.05) is 20.8 Å². The van der Waals surface area contributed by atoms with E-state index < -0.39 is 42.5 Å². The van der Waals surface area contributed by atoms with Gasteiger partial charge in [0.05, 0.1) is 6.61 Å². The van der Waals surface area contributed by atoms with Gasteiger partial charge >= 0.3 is 17.9 Å². The highest BCUT2D eigenvalue weighted by Gasteiger charge is 2.48. The van der Waals surface area contributed by atoms with Crippen LogP contribution in [-0.4, -0.2) is 49.1 Å². The Bertz CT molecular complexity index is 614. The molecule has 0 aliphatic carbocycles. The quantitative estimate of drug-likeness (QED) is 0.576. The lowest BCUT2D eigenvalue weighted by molar-refractivity contribution is -0.259. The number of hydrogen-bond acceptors (Lipinski definition) is 8. The zero-order chi connectivity index (χ0) is 18.4. The summed E-state index contributed by atoms with van der Waals surface area (Å²) in [7, 11) is 0. The van der Waals surface area contributed by atoms with E-state index in [2.05, 4.69) is 0 Å². The maximum Gasteiger partial charge on any atom is 0.303 e. The SMILES string of the molecule is CC(=O)O[C@H]1[C@@H](Oc2ccccc2)OC[C@H](OC(C)=O)[C@H]1OC(C)=O. The van der Waals surface area contributed by atoms with Crippen LogP contribution in [0.4, 0.5) is 0 Å². The Kier molecular flexibility index (Phi) is 6.35. The predicted molar refractivity (Wildman–Crippen MR) is 83.5 cm³/mol. The fourth-order valence-corrected chi connectivity index (χ4v) is 2.44. The highest BCUT2D eigenvalue weighted by Crippen LogP contribution is 2.26. The van der Waals surface area contributed by atoms with Crippen LogP contribution in [0, 0.1) is 0 Å². The van der Waals surface area contributed by atoms with Crippen LogP contribution in [0.2, 0.25) is 0 Å². The lowest BCUT2D eigenvalue weighted by atomic mass is 10.0. The van der Waals surface area contributed by atoms with Crippen LogP contribution in [0.15, 0.2) is 30.3 Å². The molecule has 136 valence electrons. The summed E-state index contributed by atoms with van der Waals surface area (Å²) in [6.45, 7) is 3.56. The third-order valence-electron chi connectivity index (χ3n) is 3.30. The molecule has 0 N–H and O–H groups in total. The van der Waals surface area contributed by atoms with Crippen molar-refractivity contribution in [3.05, 3.63) is 30.3 Å². The van der Waals surface area contributed by atoms with E-state index in [1.54, 1.807) is 24.3 Å². The normalized spacial score (nSPS) is 25.6. The van der Waals surface area contributed by atoms with Crippen LogP contribution in [0.5, 0.6) is 5.75 Å². The summed E-state index contributed by atoms with van der Waals surface area (Å²) in [5, 5.41) is 0. The zero-order valence-corrected chi connectivity index (χ0v) is 14.2. The Hall–Kier alpha value is -2.61. The molecule has 8 nitrogen and oxygen atoms in total. The minimum atomic E-state index is -1.10. The second-order valence-electron chi connectivity index (χ2n) is 5.43. The van der Waals surface area contributed by atoms with E-state index in [9.17, 15) is 14.4 Å². The Morgan fingerprint density at radius 1 is 0.880 bits per heavy atom. The van der Waals surface area contributed by atoms with Gasteiger partial charge in [0.1, 0.15) is 5.75 Å². The molecule has 1 aromatic carbocycles. The number of benzene rings is 1. The van der Waals surface area contributed by atoms with Crippen molar-refractivity contribution in [2.45, 2.75) is 45.4 Å². The van der Waals surface area contributed by atoms with E-state index >= 15 is 0 Å². The molecule has 0 aromatic heterocycles. The van der Waals surface area contributed by atoms with E-state index in [0.29, 0.717) is 5.75 Å². The Morgan fingerprint density at radius 2 is 1.44 bits per heavy atom. The molecule has 1 aromatic rings. The summed E-state index contributed by atoms with van der Waals surface area (Å²) in [6, 6.07) is 8.76. The first-order chi connectivity index (χ1) is 11.9. The van der Waals surface area contributed by atoms with Crippen LogP contribution in [0.1, 0.15) is 20.8 Å². The molecular weight excluding hydrogens is 332 g/mol. The van der Waals surface area contributed by atoms with E-state index in [1.807, 2.05) is 6.07 Å². The summed E-state index contributed by atoms with van der Waals surface area (Å²) in [4.78, 5) is 34.2. The fourth-order valence-electron chi connectivity index (χ4n) is 2.44. The van der Waals surface area contributed by atoms with Gasteiger partial charge in [-0.3, -0.25) is 14.4 Å². The smallest absolute Gasteiger partial charge is 0.303 e. The molecular formula is C17H20O8. The number of esters is 3. The first kappa shape index (κ1) is 18.7. The second kappa shape index (κ2) is 8.48. The van der Waals surface area contributed by atoms with Crippen molar-refractivity contribution in [1.29, 1.82) is 0 Å². The maximum atomic E-state index is 11.5. The predicted octanol–water partition coefficient (Wildman–Crippen LogP) is 1.22. The van der Waals surface area contributed by atoms with Gasteiger partial charge in [0.2, 0.25) is 12.4 Å². The van der Waals surface area contributed by atoms with Crippen molar-refractivity contribution in [2.75, 3.05) is 6.61 Å². The van der Waals surface area contributed by atoms with Gasteiger partial charge in [-0.05, 0) is 12.1 Å². The Morgan fingerprint density at radius 3 is 2.00 bits per heavy atom. The number of rotatable bonds is 5. The number of hydrogen-bond donors (Lipinski definition) is 0. The number of carbonyl (C=O) groups is 3. The summed E-state index contributed by atoms with van der Waals surface area (Å²) in [5.74, 6) is -1.32. The molecule has 0 unspecified atom stereocenters. The fraction of sp³-hybridized carbons (Fsp3) is 0.471. The highest BCUT2D eigenvalue weighted by atomic mass is 16.7. The molecule has 0 radical (unpaired) electrons. The lowest BCUT2D eigenvalue weighted by Gasteiger charge is -2.40. The molecule has 0 amide bonds. The van der Waals surface area contributed by atoms with Gasteiger partial charge in [-0.2, -0.15) is 0 Å². The van der Waals surface area contributed by atoms with Crippen molar-refractivity contribution in [2.24, 2.45) is 0 Å². The zero-order valence-electron chi connectivity index (χ0n) is 14.2. The van der Waals surface area contributed by atoms with E-state index in [1.165, 1.54) is 20.8 Å². The van der Waals surface area contributed by atoms with Crippen LogP contribution in [-0.2, 0) is 33.3 Å². The van der Waals surface area contributed by atoms with Crippen LogP contribution in [0.25, 0.3) is 0 Å². The van der Waals surface area contributed by atoms with Gasteiger partial charge < -0.3 is 23.7 Å². The lowest BCUT2D eigenvalue weighted by Crippen LogP contribution is -2.59. The molecule has 8 heteroatoms. The molecule has 0 saturated carbocycles. The van der Waals surface area contributed by atoms with Crippen LogP contribution in [0.3, 0.4) is 0 Å². The molecule has 1 fully saturated rings. The Balaban J connectivity index is 2.25. The van der Waals surface area contributed by atoms with E-state index in [4.69, 9.17) is 23.7 Å². The summed E-state index contributed by atoms with van der Waals surface area (Å²) in [6.07, 6.45) is -4.09. The van der Waals surface area contributed by atoms with Gasteiger partial charge in [0.15, 0.2) is 12.2 Å². The molecule has 1 heterocycles. The molecule has 25 heavy (non-hydrogen) atoms. The first-order valence-electron chi connectivity index (χ1n) is 7.71. The molecule has 1 saturated heterocycles. The molecule has 0 spiro atoms. The van der Waals surface area contributed by atoms with Gasteiger partial charge in [0.25, 0.3) is 0 Å². The molecule has 2 rings (SSSR count). The molecule has 0 bridgehead atoms. The molecule has 4 atom stereocenters. The van der Waals surface area contributed by atoms with Crippen LogP contribution < -0.4 is 4.74 Å². The van der Waals surface area contributed by atoms with Gasteiger partial charge in [-0.25, -0.2) is 0 Å². The maximum absolute atomic E-state index is 11.5. The van der Waals surface area contributed by atoms with Crippen molar-refractivity contribution in [3.63, 3.8) is 0 Å². The average molecular weight is 352 g/mol. The monoisotopic (exact) mass is 352 g/mol. The third-order valence-corrected chi connectivity index (χ3v) is 3.30. The van der Waals surface area contributed by atoms with Crippen molar-refractivity contribution in [3.8, 4) is 5.75 Å². The number of ether oxygens (including phenoxy) is 5. The first-order valence-corrected chi connectivity index (χ1v) is 7.71.